The molecule has 0 atom stereocenters. The molecule has 4 aromatic rings. The second-order valence-corrected chi connectivity index (χ2v) is 7.01. The highest BCUT2D eigenvalue weighted by Gasteiger charge is 2.30. The zero-order valence-corrected chi connectivity index (χ0v) is 16.4. The summed E-state index contributed by atoms with van der Waals surface area (Å²) in [7, 11) is 3.58. The molecule has 0 fully saturated rings. The Balaban J connectivity index is 1.82. The first-order chi connectivity index (χ1) is 14.3. The molecular formula is C21H20F3N5O. The molecule has 2 heterocycles. The van der Waals surface area contributed by atoms with E-state index in [4.69, 9.17) is 0 Å². The van der Waals surface area contributed by atoms with Gasteiger partial charge in [0.2, 0.25) is 0 Å². The molecule has 6 nitrogen and oxygen atoms in total. The fraction of sp³-hybridized carbons (Fsp3) is 0.238. The predicted octanol–water partition coefficient (Wildman–Crippen LogP) is 3.49. The molecule has 4 rings (SSSR count). The van der Waals surface area contributed by atoms with Crippen LogP contribution in [0.4, 0.5) is 13.2 Å². The van der Waals surface area contributed by atoms with Crippen molar-refractivity contribution in [1.82, 2.24) is 25.0 Å². The second-order valence-electron chi connectivity index (χ2n) is 7.01. The van der Waals surface area contributed by atoms with E-state index in [1.807, 2.05) is 6.20 Å². The van der Waals surface area contributed by atoms with Gasteiger partial charge in [-0.05, 0) is 49.5 Å². The Bertz CT molecular complexity index is 1220. The van der Waals surface area contributed by atoms with E-state index in [0.29, 0.717) is 30.0 Å². The summed E-state index contributed by atoms with van der Waals surface area (Å²) >= 11 is 0. The minimum absolute atomic E-state index is 0.188. The number of rotatable bonds is 5. The van der Waals surface area contributed by atoms with E-state index in [9.17, 15) is 18.0 Å². The molecule has 0 radical (unpaired) electrons. The third kappa shape index (κ3) is 3.52. The number of likely N-dealkylation sites (N-methyl/N-ethyl adjacent to an activating group) is 1. The number of amides is 1. The molecule has 0 spiro atoms. The molecule has 2 aromatic heterocycles. The molecule has 2 aromatic carbocycles. The normalized spacial score (nSPS) is 12.0. The number of fused-ring (bicyclic) bond motifs is 3. The standard InChI is InChI=1S/C21H20F3N5O/c1-25-9-10-26-20(30)13-3-8-18-16(11-13)17-12-28(2)27-19(17)29(18)15-6-4-14(5-7-15)21(22,23)24/h3-8,11-12,25H,9-10H2,1-2H3,(H,26,30). The molecule has 0 unspecified atom stereocenters. The van der Waals surface area contributed by atoms with Gasteiger partial charge in [-0.15, -0.1) is 0 Å². The third-order valence-electron chi connectivity index (χ3n) is 4.92. The van der Waals surface area contributed by atoms with Crippen LogP contribution >= 0.6 is 0 Å². The van der Waals surface area contributed by atoms with Crippen LogP contribution in [0.15, 0.2) is 48.7 Å². The minimum Gasteiger partial charge on any atom is -0.351 e. The molecule has 0 aliphatic heterocycles. The molecular weight excluding hydrogens is 395 g/mol. The van der Waals surface area contributed by atoms with E-state index in [2.05, 4.69) is 15.7 Å². The van der Waals surface area contributed by atoms with Gasteiger partial charge in [-0.2, -0.15) is 18.3 Å². The lowest BCUT2D eigenvalue weighted by Gasteiger charge is -2.10. The smallest absolute Gasteiger partial charge is 0.351 e. The SMILES string of the molecule is CNCCNC(=O)c1ccc2c(c1)c1cn(C)nc1n2-c1ccc(C(F)(F)F)cc1. The highest BCUT2D eigenvalue weighted by Crippen LogP contribution is 2.34. The predicted molar refractivity (Wildman–Crippen MR) is 109 cm³/mol. The van der Waals surface area contributed by atoms with Gasteiger partial charge in [-0.3, -0.25) is 14.0 Å². The number of carbonyl (C=O) groups is 1. The number of nitrogens with zero attached hydrogens (tertiary/aromatic N) is 3. The number of alkyl halides is 3. The number of aryl methyl sites for hydroxylation is 1. The van der Waals surface area contributed by atoms with E-state index in [1.165, 1.54) is 12.1 Å². The Morgan fingerprint density at radius 2 is 1.80 bits per heavy atom. The fourth-order valence-corrected chi connectivity index (χ4v) is 3.50. The van der Waals surface area contributed by atoms with Gasteiger partial charge in [0.25, 0.3) is 5.91 Å². The summed E-state index contributed by atoms with van der Waals surface area (Å²) in [6.45, 7) is 1.16. The number of nitrogens with one attached hydrogen (secondary N) is 2. The van der Waals surface area contributed by atoms with Crippen LogP contribution in [0.1, 0.15) is 15.9 Å². The van der Waals surface area contributed by atoms with Crippen molar-refractivity contribution in [3.05, 3.63) is 59.8 Å². The number of benzene rings is 2. The first kappa shape index (κ1) is 20.0. The van der Waals surface area contributed by atoms with E-state index in [0.717, 1.165) is 28.4 Å². The van der Waals surface area contributed by atoms with Gasteiger partial charge in [0.15, 0.2) is 5.65 Å². The Labute approximate surface area is 170 Å². The van der Waals surface area contributed by atoms with Crippen molar-refractivity contribution in [2.75, 3.05) is 20.1 Å². The van der Waals surface area contributed by atoms with Crippen LogP contribution in [0.5, 0.6) is 0 Å². The number of hydrogen-bond acceptors (Lipinski definition) is 3. The van der Waals surface area contributed by atoms with Gasteiger partial charge in [-0.1, -0.05) is 0 Å². The van der Waals surface area contributed by atoms with Gasteiger partial charge in [0.05, 0.1) is 11.1 Å². The van der Waals surface area contributed by atoms with Gasteiger partial charge >= 0.3 is 6.18 Å². The summed E-state index contributed by atoms with van der Waals surface area (Å²) in [6, 6.07) is 10.2. The lowest BCUT2D eigenvalue weighted by Crippen LogP contribution is -2.30. The van der Waals surface area contributed by atoms with E-state index >= 15 is 0 Å². The number of aromatic nitrogens is 3. The van der Waals surface area contributed by atoms with Crippen LogP contribution in [-0.4, -0.2) is 40.4 Å². The molecule has 1 amide bonds. The molecule has 156 valence electrons. The van der Waals surface area contributed by atoms with E-state index in [-0.39, 0.29) is 5.91 Å². The van der Waals surface area contributed by atoms with Crippen molar-refractivity contribution >= 4 is 27.8 Å². The van der Waals surface area contributed by atoms with Crippen molar-refractivity contribution in [2.45, 2.75) is 6.18 Å². The molecule has 0 aliphatic carbocycles. The molecule has 0 saturated carbocycles. The van der Waals surface area contributed by atoms with Crippen LogP contribution in [-0.2, 0) is 13.2 Å². The van der Waals surface area contributed by atoms with Crippen LogP contribution in [0.2, 0.25) is 0 Å². The van der Waals surface area contributed by atoms with Crippen LogP contribution < -0.4 is 10.6 Å². The maximum Gasteiger partial charge on any atom is 0.416 e. The van der Waals surface area contributed by atoms with Crippen molar-refractivity contribution in [3.63, 3.8) is 0 Å². The maximum atomic E-state index is 12.9. The highest BCUT2D eigenvalue weighted by atomic mass is 19.4. The second kappa shape index (κ2) is 7.49. The van der Waals surface area contributed by atoms with E-state index < -0.39 is 11.7 Å². The first-order valence-corrected chi connectivity index (χ1v) is 9.38. The lowest BCUT2D eigenvalue weighted by molar-refractivity contribution is -0.137. The molecule has 0 aliphatic rings. The Morgan fingerprint density at radius 3 is 2.47 bits per heavy atom. The van der Waals surface area contributed by atoms with Gasteiger partial charge in [0.1, 0.15) is 0 Å². The van der Waals surface area contributed by atoms with E-state index in [1.54, 1.807) is 41.5 Å². The maximum absolute atomic E-state index is 12.9. The number of hydrogen-bond donors (Lipinski definition) is 2. The summed E-state index contributed by atoms with van der Waals surface area (Å²) in [5.74, 6) is -0.188. The molecule has 30 heavy (non-hydrogen) atoms. The largest absolute Gasteiger partial charge is 0.416 e. The molecule has 0 bridgehead atoms. The van der Waals surface area contributed by atoms with Crippen molar-refractivity contribution in [3.8, 4) is 5.69 Å². The van der Waals surface area contributed by atoms with Crippen molar-refractivity contribution in [1.29, 1.82) is 0 Å². The summed E-state index contributed by atoms with van der Waals surface area (Å²) in [5, 5.41) is 11.9. The highest BCUT2D eigenvalue weighted by molar-refractivity contribution is 6.10. The zero-order valence-electron chi connectivity index (χ0n) is 16.4. The van der Waals surface area contributed by atoms with Crippen LogP contribution in [0, 0.1) is 0 Å². The lowest BCUT2D eigenvalue weighted by atomic mass is 10.1. The molecule has 2 N–H and O–H groups in total. The van der Waals surface area contributed by atoms with Gasteiger partial charge < -0.3 is 10.6 Å². The first-order valence-electron chi connectivity index (χ1n) is 9.38. The van der Waals surface area contributed by atoms with Crippen LogP contribution in [0.25, 0.3) is 27.6 Å². The Morgan fingerprint density at radius 1 is 1.07 bits per heavy atom. The van der Waals surface area contributed by atoms with Gasteiger partial charge in [-0.25, -0.2) is 0 Å². The summed E-state index contributed by atoms with van der Waals surface area (Å²) in [6.07, 6.45) is -2.56. The zero-order chi connectivity index (χ0) is 21.5. The average molecular weight is 415 g/mol. The topological polar surface area (TPSA) is 63.9 Å². The summed E-state index contributed by atoms with van der Waals surface area (Å²) < 4.78 is 42.3. The van der Waals surface area contributed by atoms with Crippen LogP contribution in [0.3, 0.4) is 0 Å². The Hall–Kier alpha value is -3.33. The Kier molecular flexibility index (Phi) is 4.98. The number of halogens is 3. The average Bonchev–Trinajstić information content (AvgIpc) is 3.22. The quantitative estimate of drug-likeness (QED) is 0.491. The van der Waals surface area contributed by atoms with Crippen molar-refractivity contribution < 1.29 is 18.0 Å². The third-order valence-corrected chi connectivity index (χ3v) is 4.92. The molecule has 9 heteroatoms. The van der Waals surface area contributed by atoms with Gasteiger partial charge in [0, 0.05) is 48.4 Å². The summed E-state index contributed by atoms with van der Waals surface area (Å²) in [4.78, 5) is 12.4. The minimum atomic E-state index is -4.40. The monoisotopic (exact) mass is 415 g/mol. The van der Waals surface area contributed by atoms with Crippen molar-refractivity contribution in [2.24, 2.45) is 7.05 Å². The fourth-order valence-electron chi connectivity index (χ4n) is 3.50. The number of carbonyl (C=O) groups excluding carboxylic acids is 1. The molecule has 0 saturated heterocycles. The summed E-state index contributed by atoms with van der Waals surface area (Å²) in [5.41, 5.74) is 1.74.